The lowest BCUT2D eigenvalue weighted by Gasteiger charge is -2.43. The largest absolute Gasteiger partial charge is 0.457 e. The van der Waals surface area contributed by atoms with Crippen molar-refractivity contribution >= 4 is 23.2 Å². The van der Waals surface area contributed by atoms with Gasteiger partial charge in [-0.3, -0.25) is 9.59 Å². The highest BCUT2D eigenvalue weighted by Gasteiger charge is 2.59. The summed E-state index contributed by atoms with van der Waals surface area (Å²) in [6.45, 7) is 2.07. The van der Waals surface area contributed by atoms with Crippen molar-refractivity contribution in [2.24, 2.45) is 23.7 Å². The molecule has 0 saturated heterocycles. The van der Waals surface area contributed by atoms with Crippen LogP contribution in [0.3, 0.4) is 0 Å². The van der Waals surface area contributed by atoms with E-state index in [1.54, 1.807) is 12.1 Å². The first-order chi connectivity index (χ1) is 14.1. The second kappa shape index (κ2) is 7.28. The Balaban J connectivity index is 1.50. The average Bonchev–Trinajstić information content (AvgIpc) is 3.03. The predicted molar refractivity (Wildman–Crippen MR) is 113 cm³/mol. The van der Waals surface area contributed by atoms with Gasteiger partial charge in [-0.1, -0.05) is 24.6 Å². The number of hydrogen-bond donors (Lipinski definition) is 0. The number of Topliss-reactive ketones (excluding diaryl/α,β-unsaturated/α-hetero) is 2. The Morgan fingerprint density at radius 1 is 0.862 bits per heavy atom. The SMILES string of the molecule is CCc1ccc(Oc2ccc(Cl)cc2)cc1C1C(=O)C2C3CCC(CC3)C2C1=O. The van der Waals surface area contributed by atoms with Gasteiger partial charge in [0.25, 0.3) is 0 Å². The van der Waals surface area contributed by atoms with Crippen molar-refractivity contribution in [2.75, 3.05) is 0 Å². The van der Waals surface area contributed by atoms with E-state index in [1.807, 2.05) is 30.3 Å². The van der Waals surface area contributed by atoms with Crippen molar-refractivity contribution in [3.05, 3.63) is 58.6 Å². The summed E-state index contributed by atoms with van der Waals surface area (Å²) < 4.78 is 6.00. The van der Waals surface area contributed by atoms with Gasteiger partial charge in [-0.2, -0.15) is 0 Å². The summed E-state index contributed by atoms with van der Waals surface area (Å²) in [4.78, 5) is 26.9. The van der Waals surface area contributed by atoms with Gasteiger partial charge < -0.3 is 4.74 Å². The Kier molecular flexibility index (Phi) is 4.74. The van der Waals surface area contributed by atoms with Gasteiger partial charge in [0.05, 0.1) is 0 Å². The van der Waals surface area contributed by atoms with Gasteiger partial charge in [0.1, 0.15) is 17.4 Å². The Labute approximate surface area is 176 Å². The van der Waals surface area contributed by atoms with Gasteiger partial charge in [-0.25, -0.2) is 0 Å². The first-order valence-electron chi connectivity index (χ1n) is 10.7. The van der Waals surface area contributed by atoms with Gasteiger partial charge in [0.15, 0.2) is 11.6 Å². The molecule has 2 aromatic rings. The Morgan fingerprint density at radius 2 is 1.41 bits per heavy atom. The molecule has 2 unspecified atom stereocenters. The molecule has 4 aliphatic carbocycles. The number of carbonyl (C=O) groups is 2. The molecule has 150 valence electrons. The molecule has 2 bridgehead atoms. The first kappa shape index (κ1) is 18.9. The minimum Gasteiger partial charge on any atom is -0.457 e. The van der Waals surface area contributed by atoms with Crippen LogP contribution in [0.25, 0.3) is 0 Å². The van der Waals surface area contributed by atoms with Crippen molar-refractivity contribution in [2.45, 2.75) is 44.9 Å². The third kappa shape index (κ3) is 3.11. The zero-order chi connectivity index (χ0) is 20.1. The molecule has 0 heterocycles. The van der Waals surface area contributed by atoms with Crippen LogP contribution in [0.2, 0.25) is 5.02 Å². The average molecular weight is 409 g/mol. The molecule has 0 aromatic heterocycles. The Bertz CT molecular complexity index is 927. The lowest BCUT2D eigenvalue weighted by atomic mass is 9.59. The summed E-state index contributed by atoms with van der Waals surface area (Å²) in [5.74, 6) is 1.75. The zero-order valence-electron chi connectivity index (χ0n) is 16.6. The maximum atomic E-state index is 13.4. The van der Waals surface area contributed by atoms with Crippen LogP contribution in [0.5, 0.6) is 11.5 Å². The van der Waals surface area contributed by atoms with Crippen LogP contribution in [0.15, 0.2) is 42.5 Å². The normalized spacial score (nSPS) is 30.5. The number of halogens is 1. The highest BCUT2D eigenvalue weighted by Crippen LogP contribution is 2.56. The van der Waals surface area contributed by atoms with Crippen LogP contribution in [0.1, 0.15) is 49.7 Å². The highest BCUT2D eigenvalue weighted by molar-refractivity contribution is 6.30. The molecule has 0 N–H and O–H groups in total. The Hall–Kier alpha value is -2.13. The van der Waals surface area contributed by atoms with E-state index in [2.05, 4.69) is 6.92 Å². The minimum atomic E-state index is -0.616. The van der Waals surface area contributed by atoms with E-state index in [0.29, 0.717) is 28.4 Å². The van der Waals surface area contributed by atoms with E-state index >= 15 is 0 Å². The predicted octanol–water partition coefficient (Wildman–Crippen LogP) is 5.98. The first-order valence-corrected chi connectivity index (χ1v) is 11.1. The fraction of sp³-hybridized carbons (Fsp3) is 0.440. The molecule has 2 aromatic carbocycles. The fourth-order valence-electron chi connectivity index (χ4n) is 5.97. The number of rotatable bonds is 4. The molecule has 29 heavy (non-hydrogen) atoms. The number of carbonyl (C=O) groups excluding carboxylic acids is 2. The maximum absolute atomic E-state index is 13.4. The summed E-state index contributed by atoms with van der Waals surface area (Å²) in [5, 5.41) is 0.652. The van der Waals surface area contributed by atoms with E-state index < -0.39 is 5.92 Å². The van der Waals surface area contributed by atoms with Crippen molar-refractivity contribution < 1.29 is 14.3 Å². The van der Waals surface area contributed by atoms with E-state index in [9.17, 15) is 9.59 Å². The molecule has 3 nitrogen and oxygen atoms in total. The standard InChI is InChI=1S/C25H25ClO3/c1-2-14-7-10-19(29-18-11-8-17(26)9-12-18)13-20(14)23-24(27)21-15-3-4-16(6-5-15)22(21)25(23)28/h7-13,15-16,21-23H,2-6H2,1H3. The van der Waals surface area contributed by atoms with E-state index in [4.69, 9.17) is 16.3 Å². The van der Waals surface area contributed by atoms with Crippen LogP contribution >= 0.6 is 11.6 Å². The van der Waals surface area contributed by atoms with Crippen LogP contribution in [0.4, 0.5) is 0 Å². The topological polar surface area (TPSA) is 43.4 Å². The maximum Gasteiger partial charge on any atom is 0.151 e. The molecule has 4 saturated carbocycles. The van der Waals surface area contributed by atoms with Crippen molar-refractivity contribution in [1.29, 1.82) is 0 Å². The van der Waals surface area contributed by atoms with Crippen molar-refractivity contribution in [1.82, 2.24) is 0 Å². The number of ether oxygens (including phenoxy) is 1. The van der Waals surface area contributed by atoms with Crippen molar-refractivity contribution in [3.63, 3.8) is 0 Å². The lowest BCUT2D eigenvalue weighted by Crippen LogP contribution is -2.41. The molecule has 0 aliphatic heterocycles. The van der Waals surface area contributed by atoms with Gasteiger partial charge >= 0.3 is 0 Å². The molecule has 4 fully saturated rings. The zero-order valence-corrected chi connectivity index (χ0v) is 17.3. The highest BCUT2D eigenvalue weighted by atomic mass is 35.5. The monoisotopic (exact) mass is 408 g/mol. The van der Waals surface area contributed by atoms with E-state index in [1.165, 1.54) is 0 Å². The van der Waals surface area contributed by atoms with Gasteiger partial charge in [-0.15, -0.1) is 0 Å². The molecule has 0 spiro atoms. The molecule has 2 atom stereocenters. The summed E-state index contributed by atoms with van der Waals surface area (Å²) in [6.07, 6.45) is 5.22. The lowest BCUT2D eigenvalue weighted by molar-refractivity contribution is -0.129. The van der Waals surface area contributed by atoms with Crippen LogP contribution in [-0.2, 0) is 16.0 Å². The van der Waals surface area contributed by atoms with Gasteiger partial charge in [0, 0.05) is 16.9 Å². The summed E-state index contributed by atoms with van der Waals surface area (Å²) in [5.41, 5.74) is 1.91. The summed E-state index contributed by atoms with van der Waals surface area (Å²) in [6, 6.07) is 13.0. The summed E-state index contributed by atoms with van der Waals surface area (Å²) in [7, 11) is 0. The molecular weight excluding hydrogens is 384 g/mol. The molecule has 4 aliphatic rings. The molecule has 6 rings (SSSR count). The smallest absolute Gasteiger partial charge is 0.151 e. The molecule has 4 heteroatoms. The van der Waals surface area contributed by atoms with Crippen LogP contribution in [0, 0.1) is 23.7 Å². The second-order valence-electron chi connectivity index (χ2n) is 8.73. The quantitative estimate of drug-likeness (QED) is 0.584. The third-order valence-corrected chi connectivity index (χ3v) is 7.56. The van der Waals surface area contributed by atoms with E-state index in [0.717, 1.165) is 43.2 Å². The summed E-state index contributed by atoms with van der Waals surface area (Å²) >= 11 is 5.96. The minimum absolute atomic E-state index is 0.0504. The molecule has 0 radical (unpaired) electrons. The molecular formula is C25H25ClO3. The van der Waals surface area contributed by atoms with E-state index in [-0.39, 0.29) is 23.4 Å². The van der Waals surface area contributed by atoms with Crippen molar-refractivity contribution in [3.8, 4) is 11.5 Å². The number of fused-ring (bicyclic) bond motifs is 2. The number of aryl methyl sites for hydroxylation is 1. The number of benzene rings is 2. The fourth-order valence-corrected chi connectivity index (χ4v) is 6.09. The third-order valence-electron chi connectivity index (χ3n) is 7.30. The van der Waals surface area contributed by atoms with Crippen LogP contribution in [-0.4, -0.2) is 11.6 Å². The number of ketones is 2. The van der Waals surface area contributed by atoms with Gasteiger partial charge in [0.2, 0.25) is 0 Å². The van der Waals surface area contributed by atoms with Crippen LogP contribution < -0.4 is 4.74 Å². The van der Waals surface area contributed by atoms with Gasteiger partial charge in [-0.05, 0) is 91.5 Å². The Morgan fingerprint density at radius 3 is 1.97 bits per heavy atom. The number of hydrogen-bond acceptors (Lipinski definition) is 3. The molecule has 0 amide bonds. The second-order valence-corrected chi connectivity index (χ2v) is 9.17.